The number of hydrogen-bond donors (Lipinski definition) is 3. The van der Waals surface area contributed by atoms with Crippen LogP contribution in [-0.4, -0.2) is 51.6 Å². The molecule has 1 saturated carbocycles. The summed E-state index contributed by atoms with van der Waals surface area (Å²) in [4.78, 5) is 41.7. The van der Waals surface area contributed by atoms with Crippen LogP contribution in [0.25, 0.3) is 0 Å². The van der Waals surface area contributed by atoms with Crippen LogP contribution in [0.1, 0.15) is 79.8 Å². The molecule has 0 aliphatic heterocycles. The zero-order valence-corrected chi connectivity index (χ0v) is 21.7. The average Bonchev–Trinajstić information content (AvgIpc) is 3.43. The van der Waals surface area contributed by atoms with Crippen LogP contribution in [0, 0.1) is 11.8 Å². The smallest absolute Gasteiger partial charge is 0.408 e. The first-order chi connectivity index (χ1) is 15.7. The molecule has 0 heterocycles. The van der Waals surface area contributed by atoms with Crippen LogP contribution in [0.15, 0.2) is 24.3 Å². The number of rotatable bonds is 9. The van der Waals surface area contributed by atoms with Crippen molar-refractivity contribution in [1.82, 2.24) is 15.5 Å². The summed E-state index contributed by atoms with van der Waals surface area (Å²) in [6, 6.07) is 4.35. The van der Waals surface area contributed by atoms with Gasteiger partial charge < -0.3 is 25.4 Å². The first kappa shape index (κ1) is 27.5. The van der Waals surface area contributed by atoms with Crippen molar-refractivity contribution in [3.8, 4) is 5.75 Å². The van der Waals surface area contributed by atoms with Crippen LogP contribution < -0.4 is 10.6 Å². The van der Waals surface area contributed by atoms with Crippen molar-refractivity contribution in [2.45, 2.75) is 98.0 Å². The number of carbonyl (C=O) groups is 3. The quantitative estimate of drug-likeness (QED) is 0.498. The van der Waals surface area contributed by atoms with Crippen LogP contribution >= 0.6 is 0 Å². The molecule has 3 N–H and O–H groups in total. The number of carbonyl (C=O) groups excluding carboxylic acids is 3. The number of phenols is 1. The van der Waals surface area contributed by atoms with E-state index in [1.165, 1.54) is 12.1 Å². The van der Waals surface area contributed by atoms with Crippen molar-refractivity contribution in [2.24, 2.45) is 11.8 Å². The first-order valence-electron chi connectivity index (χ1n) is 12.2. The van der Waals surface area contributed by atoms with E-state index < -0.39 is 23.8 Å². The van der Waals surface area contributed by atoms with Crippen LogP contribution in [0.4, 0.5) is 4.79 Å². The van der Waals surface area contributed by atoms with Gasteiger partial charge in [-0.25, -0.2) is 4.79 Å². The Kier molecular flexibility index (Phi) is 8.97. The Balaban J connectivity index is 2.49. The van der Waals surface area contributed by atoms with E-state index in [4.69, 9.17) is 4.74 Å². The Morgan fingerprint density at radius 3 is 2.12 bits per heavy atom. The first-order valence-corrected chi connectivity index (χ1v) is 12.2. The number of nitrogens with one attached hydrogen (secondary N) is 2. The minimum absolute atomic E-state index is 0.0773. The Labute approximate surface area is 203 Å². The Hall–Kier alpha value is -2.77. The van der Waals surface area contributed by atoms with E-state index in [0.29, 0.717) is 12.0 Å². The van der Waals surface area contributed by atoms with Gasteiger partial charge in [0.25, 0.3) is 0 Å². The zero-order chi connectivity index (χ0) is 25.8. The minimum atomic E-state index is -0.891. The van der Waals surface area contributed by atoms with E-state index in [0.717, 1.165) is 6.42 Å². The van der Waals surface area contributed by atoms with Gasteiger partial charge in [0, 0.05) is 12.1 Å². The molecule has 34 heavy (non-hydrogen) atoms. The maximum atomic E-state index is 14.1. The van der Waals surface area contributed by atoms with E-state index in [9.17, 15) is 19.5 Å². The lowest BCUT2D eigenvalue weighted by Gasteiger charge is -2.36. The largest absolute Gasteiger partial charge is 0.508 e. The Morgan fingerprint density at radius 1 is 1.12 bits per heavy atom. The summed E-state index contributed by atoms with van der Waals surface area (Å²) in [5.74, 6) is -0.479. The number of alkyl carbamates (subject to hydrolysis) is 1. The fourth-order valence-corrected chi connectivity index (χ4v) is 3.91. The summed E-state index contributed by atoms with van der Waals surface area (Å²) in [5.41, 5.74) is -0.104. The second kappa shape index (κ2) is 11.1. The highest BCUT2D eigenvalue weighted by Gasteiger charge is 2.48. The summed E-state index contributed by atoms with van der Waals surface area (Å²) in [6.45, 7) is 14.9. The maximum absolute atomic E-state index is 14.1. The number of benzene rings is 1. The number of nitrogens with zero attached hydrogens (tertiary/aromatic N) is 1. The van der Waals surface area contributed by atoms with Crippen molar-refractivity contribution in [3.05, 3.63) is 29.8 Å². The number of ether oxygens (including phenoxy) is 1. The van der Waals surface area contributed by atoms with Crippen LogP contribution in [-0.2, 0) is 14.3 Å². The zero-order valence-electron chi connectivity index (χ0n) is 21.7. The molecule has 2 rings (SSSR count). The van der Waals surface area contributed by atoms with Crippen LogP contribution in [0.2, 0.25) is 0 Å². The number of aromatic hydroxyl groups is 1. The van der Waals surface area contributed by atoms with Gasteiger partial charge >= 0.3 is 6.09 Å². The van der Waals surface area contributed by atoms with Crippen molar-refractivity contribution in [2.75, 3.05) is 0 Å². The van der Waals surface area contributed by atoms with Gasteiger partial charge in [0.05, 0.1) is 0 Å². The van der Waals surface area contributed by atoms with E-state index in [1.807, 2.05) is 34.6 Å². The lowest BCUT2D eigenvalue weighted by molar-refractivity contribution is -0.144. The summed E-state index contributed by atoms with van der Waals surface area (Å²) in [6.07, 6.45) is 0.764. The van der Waals surface area contributed by atoms with Crippen molar-refractivity contribution in [3.63, 3.8) is 0 Å². The predicted molar refractivity (Wildman–Crippen MR) is 131 cm³/mol. The lowest BCUT2D eigenvalue weighted by Crippen LogP contribution is -2.56. The van der Waals surface area contributed by atoms with Gasteiger partial charge in [-0.05, 0) is 70.6 Å². The number of hydrogen-bond acceptors (Lipinski definition) is 5. The summed E-state index contributed by atoms with van der Waals surface area (Å²) in [5, 5.41) is 15.5. The predicted octanol–water partition coefficient (Wildman–Crippen LogP) is 4.13. The third-order valence-electron chi connectivity index (χ3n) is 6.00. The van der Waals surface area contributed by atoms with Gasteiger partial charge in [-0.3, -0.25) is 9.59 Å². The third kappa shape index (κ3) is 7.37. The monoisotopic (exact) mass is 475 g/mol. The highest BCUT2D eigenvalue weighted by molar-refractivity contribution is 5.93. The molecule has 0 radical (unpaired) electrons. The van der Waals surface area contributed by atoms with E-state index in [-0.39, 0.29) is 41.5 Å². The van der Waals surface area contributed by atoms with E-state index in [1.54, 1.807) is 37.8 Å². The molecule has 0 spiro atoms. The fourth-order valence-electron chi connectivity index (χ4n) is 3.91. The van der Waals surface area contributed by atoms with Gasteiger partial charge in [-0.2, -0.15) is 0 Å². The second-order valence-electron chi connectivity index (χ2n) is 10.7. The SMILES string of the molecule is CCC(C)C(NC(=O)OC(C)(C)C)C(=O)N(C(C(=O)NC(C)C)c1ccc(O)cc1)C1CC1C. The van der Waals surface area contributed by atoms with E-state index >= 15 is 0 Å². The molecule has 8 heteroatoms. The molecule has 1 aromatic carbocycles. The molecule has 5 atom stereocenters. The molecule has 0 saturated heterocycles. The second-order valence-corrected chi connectivity index (χ2v) is 10.7. The fraction of sp³-hybridized carbons (Fsp3) is 0.654. The van der Waals surface area contributed by atoms with E-state index in [2.05, 4.69) is 10.6 Å². The molecule has 1 aliphatic carbocycles. The summed E-state index contributed by atoms with van der Waals surface area (Å²) < 4.78 is 5.42. The van der Waals surface area contributed by atoms with Crippen molar-refractivity contribution in [1.29, 1.82) is 0 Å². The lowest BCUT2D eigenvalue weighted by atomic mass is 9.95. The normalized spacial score (nSPS) is 20.1. The standard InChI is InChI=1S/C26H41N3O5/c1-9-16(4)21(28-25(33)34-26(6,7)8)24(32)29(20-14-17(20)5)22(23(31)27-15(2)3)18-10-12-19(30)13-11-18/h10-13,15-17,20-22,30H,9,14H2,1-8H3,(H,27,31)(H,28,33). The molecule has 0 bridgehead atoms. The molecule has 5 unspecified atom stereocenters. The maximum Gasteiger partial charge on any atom is 0.408 e. The van der Waals surface area contributed by atoms with Gasteiger partial charge in [0.15, 0.2) is 0 Å². The molecule has 8 nitrogen and oxygen atoms in total. The minimum Gasteiger partial charge on any atom is -0.508 e. The van der Waals surface area contributed by atoms with Gasteiger partial charge in [0.2, 0.25) is 11.8 Å². The average molecular weight is 476 g/mol. The molecule has 1 fully saturated rings. The molecule has 3 amide bonds. The Morgan fingerprint density at radius 2 is 1.68 bits per heavy atom. The van der Waals surface area contributed by atoms with Crippen LogP contribution in [0.3, 0.4) is 0 Å². The van der Waals surface area contributed by atoms with Gasteiger partial charge in [-0.1, -0.05) is 39.3 Å². The van der Waals surface area contributed by atoms with Crippen LogP contribution in [0.5, 0.6) is 5.75 Å². The summed E-state index contributed by atoms with van der Waals surface area (Å²) in [7, 11) is 0. The summed E-state index contributed by atoms with van der Waals surface area (Å²) >= 11 is 0. The number of phenolic OH excluding ortho intramolecular Hbond substituents is 1. The van der Waals surface area contributed by atoms with Gasteiger partial charge in [-0.15, -0.1) is 0 Å². The molecular formula is C26H41N3O5. The van der Waals surface area contributed by atoms with Crippen molar-refractivity contribution >= 4 is 17.9 Å². The topological polar surface area (TPSA) is 108 Å². The molecule has 1 aliphatic rings. The van der Waals surface area contributed by atoms with Crippen molar-refractivity contribution < 1.29 is 24.2 Å². The highest BCUT2D eigenvalue weighted by atomic mass is 16.6. The Bertz CT molecular complexity index is 862. The molecule has 1 aromatic rings. The van der Waals surface area contributed by atoms with Gasteiger partial charge in [0.1, 0.15) is 23.4 Å². The molecule has 190 valence electrons. The molecular weight excluding hydrogens is 434 g/mol. The third-order valence-corrected chi connectivity index (χ3v) is 6.00. The highest BCUT2D eigenvalue weighted by Crippen LogP contribution is 2.41. The molecule has 0 aromatic heterocycles. The number of amides is 3.